The largest absolute Gasteiger partial charge is 0.490 e. The van der Waals surface area contributed by atoms with Gasteiger partial charge in [0.2, 0.25) is 0 Å². The van der Waals surface area contributed by atoms with Crippen molar-refractivity contribution in [2.45, 2.75) is 44.4 Å². The van der Waals surface area contributed by atoms with E-state index >= 15 is 0 Å². The predicted octanol–water partition coefficient (Wildman–Crippen LogP) is 4.08. The molecule has 0 amide bonds. The molecule has 2 aromatic carbocycles. The van der Waals surface area contributed by atoms with E-state index in [1.807, 2.05) is 35.0 Å². The molecule has 4 rings (SSSR count). The summed E-state index contributed by atoms with van der Waals surface area (Å²) in [5.41, 5.74) is 3.33. The van der Waals surface area contributed by atoms with Crippen molar-refractivity contribution in [2.24, 2.45) is 0 Å². The number of hydrogen-bond donors (Lipinski definition) is 3. The van der Waals surface area contributed by atoms with Crippen LogP contribution in [-0.2, 0) is 0 Å². The van der Waals surface area contributed by atoms with Crippen molar-refractivity contribution < 1.29 is 20.1 Å². The number of ether oxygens (including phenoxy) is 1. The first-order chi connectivity index (χ1) is 17.6. The van der Waals surface area contributed by atoms with Crippen molar-refractivity contribution in [3.8, 4) is 16.9 Å². The van der Waals surface area contributed by atoms with Crippen LogP contribution in [0.15, 0.2) is 67.0 Å². The van der Waals surface area contributed by atoms with E-state index in [-0.39, 0.29) is 25.4 Å². The normalized spacial score (nSPS) is 16.9. The minimum atomic E-state index is -0.671. The van der Waals surface area contributed by atoms with Crippen LogP contribution >= 0.6 is 0 Å². The second-order valence-corrected chi connectivity index (χ2v) is 9.34. The maximum atomic E-state index is 9.97. The highest BCUT2D eigenvalue weighted by Crippen LogP contribution is 2.26. The van der Waals surface area contributed by atoms with E-state index in [1.54, 1.807) is 13.1 Å². The van der Waals surface area contributed by atoms with E-state index in [4.69, 9.17) is 9.84 Å². The van der Waals surface area contributed by atoms with Gasteiger partial charge >= 0.3 is 0 Å². The summed E-state index contributed by atoms with van der Waals surface area (Å²) in [7, 11) is 0. The Morgan fingerprint density at radius 1 is 1.00 bits per heavy atom. The molecule has 7 heteroatoms. The Labute approximate surface area is 213 Å². The second kappa shape index (κ2) is 12.8. The molecule has 0 bridgehead atoms. The Morgan fingerprint density at radius 2 is 1.67 bits per heavy atom. The van der Waals surface area contributed by atoms with Gasteiger partial charge in [-0.1, -0.05) is 48.6 Å². The molecule has 3 N–H and O–H groups in total. The monoisotopic (exact) mass is 491 g/mol. The number of rotatable bonds is 11. The van der Waals surface area contributed by atoms with Gasteiger partial charge in [-0.25, -0.2) is 4.98 Å². The molecule has 1 aliphatic heterocycles. The SMILES string of the molecule is C[C@H](O)c1nccn1C(/C=C/c1ccc(-c2ccc(OC3CCN(CCO)CC3)cc2)cc1)CCO. The van der Waals surface area contributed by atoms with Crippen molar-refractivity contribution in [3.63, 3.8) is 0 Å². The third-order valence-electron chi connectivity index (χ3n) is 6.72. The summed E-state index contributed by atoms with van der Waals surface area (Å²) in [6.07, 6.45) is 9.66. The van der Waals surface area contributed by atoms with Gasteiger partial charge in [-0.2, -0.15) is 0 Å². The van der Waals surface area contributed by atoms with Gasteiger partial charge in [0, 0.05) is 38.6 Å². The molecule has 36 heavy (non-hydrogen) atoms. The first kappa shape index (κ1) is 26.1. The number of piperidine rings is 1. The minimum Gasteiger partial charge on any atom is -0.490 e. The number of β-amino-alcohol motifs (C(OH)–C–C–N with tert-alkyl or cyclic N) is 1. The highest BCUT2D eigenvalue weighted by Gasteiger charge is 2.20. The Kier molecular flexibility index (Phi) is 9.30. The molecule has 7 nitrogen and oxygen atoms in total. The Morgan fingerprint density at radius 3 is 2.28 bits per heavy atom. The molecule has 3 aromatic rings. The molecule has 1 aromatic heterocycles. The summed E-state index contributed by atoms with van der Waals surface area (Å²) in [6.45, 7) is 4.63. The molecular weight excluding hydrogens is 454 g/mol. The van der Waals surface area contributed by atoms with Gasteiger partial charge in [-0.3, -0.25) is 0 Å². The smallest absolute Gasteiger partial charge is 0.137 e. The lowest BCUT2D eigenvalue weighted by Crippen LogP contribution is -2.39. The van der Waals surface area contributed by atoms with Gasteiger partial charge in [0.05, 0.1) is 12.6 Å². The maximum Gasteiger partial charge on any atom is 0.137 e. The van der Waals surface area contributed by atoms with Crippen LogP contribution in [0.1, 0.15) is 49.7 Å². The number of aliphatic hydroxyl groups is 3. The molecule has 1 aliphatic rings. The lowest BCUT2D eigenvalue weighted by atomic mass is 10.0. The lowest BCUT2D eigenvalue weighted by Gasteiger charge is -2.31. The van der Waals surface area contributed by atoms with E-state index in [9.17, 15) is 10.2 Å². The van der Waals surface area contributed by atoms with Crippen LogP contribution in [0.5, 0.6) is 5.75 Å². The van der Waals surface area contributed by atoms with Crippen LogP contribution in [-0.4, -0.2) is 68.7 Å². The third-order valence-corrected chi connectivity index (χ3v) is 6.72. The van der Waals surface area contributed by atoms with E-state index in [2.05, 4.69) is 46.3 Å². The van der Waals surface area contributed by atoms with Crippen LogP contribution in [0, 0.1) is 0 Å². The third kappa shape index (κ3) is 6.83. The molecule has 0 spiro atoms. The van der Waals surface area contributed by atoms with Crippen molar-refractivity contribution in [2.75, 3.05) is 32.8 Å². The number of aliphatic hydroxyl groups excluding tert-OH is 3. The molecule has 1 saturated heterocycles. The molecule has 0 saturated carbocycles. The van der Waals surface area contributed by atoms with Crippen molar-refractivity contribution in [1.82, 2.24) is 14.5 Å². The predicted molar refractivity (Wildman–Crippen MR) is 142 cm³/mol. The van der Waals surface area contributed by atoms with E-state index in [0.29, 0.717) is 12.2 Å². The Balaban J connectivity index is 1.36. The molecule has 2 heterocycles. The van der Waals surface area contributed by atoms with Gasteiger partial charge in [-0.05, 0) is 55.0 Å². The zero-order valence-corrected chi connectivity index (χ0v) is 20.9. The zero-order chi connectivity index (χ0) is 25.3. The molecule has 0 aliphatic carbocycles. The fourth-order valence-electron chi connectivity index (χ4n) is 4.71. The van der Waals surface area contributed by atoms with Crippen LogP contribution in [0.3, 0.4) is 0 Å². The average Bonchev–Trinajstić information content (AvgIpc) is 3.39. The first-order valence-corrected chi connectivity index (χ1v) is 12.8. The minimum absolute atomic E-state index is 0.0496. The molecule has 1 unspecified atom stereocenters. The van der Waals surface area contributed by atoms with E-state index in [0.717, 1.165) is 54.9 Å². The fourth-order valence-corrected chi connectivity index (χ4v) is 4.71. The Hall–Kier alpha value is -2.97. The topological polar surface area (TPSA) is 91.0 Å². The highest BCUT2D eigenvalue weighted by molar-refractivity contribution is 5.66. The van der Waals surface area contributed by atoms with Crippen molar-refractivity contribution in [1.29, 1.82) is 0 Å². The van der Waals surface area contributed by atoms with Crippen LogP contribution < -0.4 is 4.74 Å². The van der Waals surface area contributed by atoms with E-state index < -0.39 is 6.10 Å². The maximum absolute atomic E-state index is 9.97. The van der Waals surface area contributed by atoms with Gasteiger partial charge in [0.1, 0.15) is 23.8 Å². The van der Waals surface area contributed by atoms with Crippen LogP contribution in [0.4, 0.5) is 0 Å². The number of imidazole rings is 1. The summed E-state index contributed by atoms with van der Waals surface area (Å²) >= 11 is 0. The highest BCUT2D eigenvalue weighted by atomic mass is 16.5. The van der Waals surface area contributed by atoms with Crippen LogP contribution in [0.2, 0.25) is 0 Å². The summed E-state index contributed by atoms with van der Waals surface area (Å²) in [4.78, 5) is 6.52. The average molecular weight is 492 g/mol. The zero-order valence-electron chi connectivity index (χ0n) is 20.9. The van der Waals surface area contributed by atoms with Crippen molar-refractivity contribution >= 4 is 6.08 Å². The number of benzene rings is 2. The standard InChI is InChI=1S/C29H37N3O4/c1-22(35)29-30-15-18-32(29)26(14-20-33)9-4-23-2-5-24(6-3-23)25-7-10-27(11-8-25)36-28-12-16-31(17-13-28)19-21-34/h2-11,15,18,22,26,28,33-35H,12-14,16-17,19-21H2,1H3/b9-4+/t22-,26?/m0/s1. The Bertz CT molecular complexity index is 1080. The molecule has 192 valence electrons. The number of aromatic nitrogens is 2. The van der Waals surface area contributed by atoms with Gasteiger partial charge < -0.3 is 29.5 Å². The summed E-state index contributed by atoms with van der Waals surface area (Å²) in [5.74, 6) is 1.48. The summed E-state index contributed by atoms with van der Waals surface area (Å²) in [5, 5.41) is 28.6. The second-order valence-electron chi connectivity index (χ2n) is 9.34. The number of allylic oxidation sites excluding steroid dienone is 1. The molecular formula is C29H37N3O4. The first-order valence-electron chi connectivity index (χ1n) is 12.8. The quantitative estimate of drug-likeness (QED) is 0.375. The summed E-state index contributed by atoms with van der Waals surface area (Å²) in [6, 6.07) is 16.5. The number of hydrogen-bond acceptors (Lipinski definition) is 6. The molecule has 0 radical (unpaired) electrons. The van der Waals surface area contributed by atoms with Crippen molar-refractivity contribution in [3.05, 3.63) is 78.4 Å². The lowest BCUT2D eigenvalue weighted by molar-refractivity contribution is 0.0889. The molecule has 2 atom stereocenters. The molecule has 1 fully saturated rings. The summed E-state index contributed by atoms with van der Waals surface area (Å²) < 4.78 is 8.09. The fraction of sp³-hybridized carbons (Fsp3) is 0.414. The van der Waals surface area contributed by atoms with Crippen LogP contribution in [0.25, 0.3) is 17.2 Å². The van der Waals surface area contributed by atoms with E-state index in [1.165, 1.54) is 0 Å². The van der Waals surface area contributed by atoms with Gasteiger partial charge in [0.25, 0.3) is 0 Å². The van der Waals surface area contributed by atoms with Gasteiger partial charge in [0.15, 0.2) is 0 Å². The van der Waals surface area contributed by atoms with Gasteiger partial charge in [-0.15, -0.1) is 0 Å². The number of nitrogens with zero attached hydrogens (tertiary/aromatic N) is 3. The number of likely N-dealkylation sites (tertiary alicyclic amines) is 1.